The van der Waals surface area contributed by atoms with Crippen LogP contribution >= 0.6 is 11.6 Å². The molecule has 0 atom stereocenters. The molecule has 20 heavy (non-hydrogen) atoms. The van der Waals surface area contributed by atoms with Crippen molar-refractivity contribution in [3.8, 4) is 5.75 Å². The maximum Gasteiger partial charge on any atom is 0.124 e. The van der Waals surface area contributed by atoms with E-state index in [-0.39, 0.29) is 6.61 Å². The zero-order valence-electron chi connectivity index (χ0n) is 11.2. The molecule has 0 heterocycles. The minimum absolute atomic E-state index is 0.112. The van der Waals surface area contributed by atoms with Gasteiger partial charge < -0.3 is 15.2 Å². The average Bonchev–Trinajstić information content (AvgIpc) is 2.48. The summed E-state index contributed by atoms with van der Waals surface area (Å²) in [6.45, 7) is 1.80. The summed E-state index contributed by atoms with van der Waals surface area (Å²) >= 11 is 6.01. The van der Waals surface area contributed by atoms with E-state index in [2.05, 4.69) is 5.32 Å². The molecule has 2 aromatic carbocycles. The third-order valence-electron chi connectivity index (χ3n) is 2.86. The van der Waals surface area contributed by atoms with E-state index in [0.717, 1.165) is 16.9 Å². The number of ether oxygens (including phenoxy) is 1. The second-order valence-corrected chi connectivity index (χ2v) is 4.86. The largest absolute Gasteiger partial charge is 0.489 e. The Morgan fingerprint density at radius 1 is 1.10 bits per heavy atom. The van der Waals surface area contributed by atoms with Crippen molar-refractivity contribution in [2.45, 2.75) is 13.2 Å². The molecule has 2 rings (SSSR count). The Balaban J connectivity index is 2.02. The van der Waals surface area contributed by atoms with Crippen LogP contribution < -0.4 is 10.1 Å². The van der Waals surface area contributed by atoms with Gasteiger partial charge in [-0.15, -0.1) is 0 Å². The molecular weight excluding hydrogens is 274 g/mol. The van der Waals surface area contributed by atoms with Crippen LogP contribution in [0.25, 0.3) is 0 Å². The van der Waals surface area contributed by atoms with Crippen LogP contribution in [-0.2, 0) is 13.2 Å². The normalized spacial score (nSPS) is 10.5. The highest BCUT2D eigenvalue weighted by Crippen LogP contribution is 2.23. The van der Waals surface area contributed by atoms with E-state index in [9.17, 15) is 0 Å². The van der Waals surface area contributed by atoms with Gasteiger partial charge >= 0.3 is 0 Å². The van der Waals surface area contributed by atoms with Crippen LogP contribution in [0.5, 0.6) is 5.75 Å². The number of rotatable bonds is 7. The second-order valence-electron chi connectivity index (χ2n) is 4.43. The van der Waals surface area contributed by atoms with Crippen LogP contribution in [0.2, 0.25) is 5.02 Å². The fraction of sp³-hybridized carbons (Fsp3) is 0.250. The quantitative estimate of drug-likeness (QED) is 0.771. The number of aliphatic hydroxyl groups excluding tert-OH is 1. The molecule has 0 aliphatic carbocycles. The molecule has 3 nitrogen and oxygen atoms in total. The van der Waals surface area contributed by atoms with Crippen molar-refractivity contribution in [2.75, 3.05) is 13.2 Å². The minimum Gasteiger partial charge on any atom is -0.489 e. The van der Waals surface area contributed by atoms with Gasteiger partial charge in [0.25, 0.3) is 0 Å². The molecule has 0 saturated heterocycles. The first-order valence-electron chi connectivity index (χ1n) is 6.56. The van der Waals surface area contributed by atoms with Crippen LogP contribution in [0.1, 0.15) is 11.1 Å². The Labute approximate surface area is 124 Å². The highest BCUT2D eigenvalue weighted by Gasteiger charge is 2.05. The molecule has 4 heteroatoms. The maximum absolute atomic E-state index is 8.80. The van der Waals surface area contributed by atoms with E-state index in [4.69, 9.17) is 21.4 Å². The number of aliphatic hydroxyl groups is 1. The Morgan fingerprint density at radius 3 is 2.65 bits per heavy atom. The number of benzene rings is 2. The smallest absolute Gasteiger partial charge is 0.124 e. The lowest BCUT2D eigenvalue weighted by atomic mass is 10.2. The van der Waals surface area contributed by atoms with Gasteiger partial charge in [-0.05, 0) is 23.8 Å². The molecule has 0 bridgehead atoms. The number of halogens is 1. The Hall–Kier alpha value is -1.55. The van der Waals surface area contributed by atoms with E-state index in [1.165, 1.54) is 0 Å². The van der Waals surface area contributed by atoms with Gasteiger partial charge in [0.2, 0.25) is 0 Å². The predicted molar refractivity (Wildman–Crippen MR) is 81.0 cm³/mol. The lowest BCUT2D eigenvalue weighted by Gasteiger charge is -2.12. The summed E-state index contributed by atoms with van der Waals surface area (Å²) in [5.74, 6) is 0.809. The van der Waals surface area contributed by atoms with E-state index < -0.39 is 0 Å². The maximum atomic E-state index is 8.80. The summed E-state index contributed by atoms with van der Waals surface area (Å²) in [7, 11) is 0. The van der Waals surface area contributed by atoms with Gasteiger partial charge in [-0.1, -0.05) is 41.9 Å². The van der Waals surface area contributed by atoms with Crippen molar-refractivity contribution in [1.29, 1.82) is 0 Å². The summed E-state index contributed by atoms with van der Waals surface area (Å²) in [6, 6.07) is 15.6. The predicted octanol–water partition coefficient (Wildman–Crippen LogP) is 3.00. The van der Waals surface area contributed by atoms with Crippen LogP contribution in [0.4, 0.5) is 0 Å². The van der Waals surface area contributed by atoms with Gasteiger partial charge in [-0.25, -0.2) is 0 Å². The zero-order chi connectivity index (χ0) is 14.2. The van der Waals surface area contributed by atoms with Crippen LogP contribution in [0.15, 0.2) is 48.5 Å². The SMILES string of the molecule is OCCNCc1cc(Cl)ccc1OCc1ccccc1. The first kappa shape index (κ1) is 14.9. The van der Waals surface area contributed by atoms with E-state index in [1.54, 1.807) is 0 Å². The second kappa shape index (κ2) is 7.90. The standard InChI is InChI=1S/C16H18ClNO2/c17-15-6-7-16(14(10-15)11-18-8-9-19)20-12-13-4-2-1-3-5-13/h1-7,10,18-19H,8-9,11-12H2. The van der Waals surface area contributed by atoms with E-state index >= 15 is 0 Å². The summed E-state index contributed by atoms with van der Waals surface area (Å²) in [6.07, 6.45) is 0. The lowest BCUT2D eigenvalue weighted by Crippen LogP contribution is -2.18. The molecule has 0 spiro atoms. The molecule has 0 fully saturated rings. The third kappa shape index (κ3) is 4.53. The molecule has 0 unspecified atom stereocenters. The minimum atomic E-state index is 0.112. The van der Waals surface area contributed by atoms with Gasteiger partial charge in [-0.3, -0.25) is 0 Å². The molecular formula is C16H18ClNO2. The number of hydrogen-bond donors (Lipinski definition) is 2. The van der Waals surface area contributed by atoms with Crippen molar-refractivity contribution in [3.63, 3.8) is 0 Å². The first-order chi connectivity index (χ1) is 9.79. The van der Waals surface area contributed by atoms with Gasteiger partial charge in [0.15, 0.2) is 0 Å². The monoisotopic (exact) mass is 291 g/mol. The van der Waals surface area contributed by atoms with E-state index in [0.29, 0.717) is 24.7 Å². The molecule has 0 aromatic heterocycles. The average molecular weight is 292 g/mol. The molecule has 0 aliphatic rings. The van der Waals surface area contributed by atoms with Crippen LogP contribution in [0, 0.1) is 0 Å². The Bertz CT molecular complexity index is 531. The summed E-state index contributed by atoms with van der Waals surface area (Å²) < 4.78 is 5.85. The third-order valence-corrected chi connectivity index (χ3v) is 3.10. The van der Waals surface area contributed by atoms with Crippen molar-refractivity contribution in [3.05, 3.63) is 64.7 Å². The van der Waals surface area contributed by atoms with Gasteiger partial charge in [0.05, 0.1) is 6.61 Å². The van der Waals surface area contributed by atoms with Crippen molar-refractivity contribution in [2.24, 2.45) is 0 Å². The zero-order valence-corrected chi connectivity index (χ0v) is 11.9. The fourth-order valence-electron chi connectivity index (χ4n) is 1.86. The molecule has 0 aliphatic heterocycles. The Kier molecular flexibility index (Phi) is 5.87. The molecule has 106 valence electrons. The van der Waals surface area contributed by atoms with Crippen LogP contribution in [-0.4, -0.2) is 18.3 Å². The van der Waals surface area contributed by atoms with Gasteiger partial charge in [0, 0.05) is 23.7 Å². The summed E-state index contributed by atoms with van der Waals surface area (Å²) in [4.78, 5) is 0. The molecule has 2 aromatic rings. The summed E-state index contributed by atoms with van der Waals surface area (Å²) in [5, 5.41) is 12.6. The highest BCUT2D eigenvalue weighted by molar-refractivity contribution is 6.30. The van der Waals surface area contributed by atoms with Crippen molar-refractivity contribution in [1.82, 2.24) is 5.32 Å². The highest BCUT2D eigenvalue weighted by atomic mass is 35.5. The lowest BCUT2D eigenvalue weighted by molar-refractivity contribution is 0.288. The van der Waals surface area contributed by atoms with Gasteiger partial charge in [-0.2, -0.15) is 0 Å². The first-order valence-corrected chi connectivity index (χ1v) is 6.94. The van der Waals surface area contributed by atoms with E-state index in [1.807, 2.05) is 48.5 Å². The van der Waals surface area contributed by atoms with Crippen molar-refractivity contribution < 1.29 is 9.84 Å². The molecule has 2 N–H and O–H groups in total. The molecule has 0 radical (unpaired) electrons. The molecule has 0 saturated carbocycles. The van der Waals surface area contributed by atoms with Crippen molar-refractivity contribution >= 4 is 11.6 Å². The Morgan fingerprint density at radius 2 is 1.90 bits per heavy atom. The number of hydrogen-bond acceptors (Lipinski definition) is 3. The fourth-order valence-corrected chi connectivity index (χ4v) is 2.06. The molecule has 0 amide bonds. The number of nitrogens with one attached hydrogen (secondary N) is 1. The summed E-state index contributed by atoms with van der Waals surface area (Å²) in [5.41, 5.74) is 2.11. The topological polar surface area (TPSA) is 41.5 Å². The van der Waals surface area contributed by atoms with Gasteiger partial charge in [0.1, 0.15) is 12.4 Å². The van der Waals surface area contributed by atoms with Crippen LogP contribution in [0.3, 0.4) is 0 Å².